The fourth-order valence-electron chi connectivity index (χ4n) is 4.00. The van der Waals surface area contributed by atoms with E-state index in [0.29, 0.717) is 63.6 Å². The van der Waals surface area contributed by atoms with Gasteiger partial charge in [-0.05, 0) is 35.5 Å². The van der Waals surface area contributed by atoms with Crippen LogP contribution >= 0.6 is 0 Å². The van der Waals surface area contributed by atoms with Gasteiger partial charge < -0.3 is 19.4 Å². The molecule has 0 N–H and O–H groups in total. The predicted octanol–water partition coefficient (Wildman–Crippen LogP) is 2.76. The van der Waals surface area contributed by atoms with Gasteiger partial charge in [-0.15, -0.1) is 4.91 Å². The predicted molar refractivity (Wildman–Crippen MR) is 114 cm³/mol. The number of para-hydroxylation sites is 1. The van der Waals surface area contributed by atoms with Gasteiger partial charge in [0.15, 0.2) is 0 Å². The zero-order valence-corrected chi connectivity index (χ0v) is 16.7. The zero-order chi connectivity index (χ0) is 20.9. The summed E-state index contributed by atoms with van der Waals surface area (Å²) in [5, 5.41) is 12.4. The van der Waals surface area contributed by atoms with Gasteiger partial charge in [0, 0.05) is 45.0 Å². The molecule has 0 spiro atoms. The molecule has 2 aromatic carbocycles. The molecule has 0 unspecified atom stereocenters. The highest BCUT2D eigenvalue weighted by Crippen LogP contribution is 2.29. The molecule has 2 aliphatic rings. The average Bonchev–Trinajstić information content (AvgIpc) is 2.83. The summed E-state index contributed by atoms with van der Waals surface area (Å²) in [6.07, 6.45) is 0. The number of ether oxygens (including phenoxy) is 1. The Kier molecular flexibility index (Phi) is 5.91. The molecule has 8 nitrogen and oxygen atoms in total. The number of amides is 1. The van der Waals surface area contributed by atoms with Crippen LogP contribution in [-0.2, 0) is 4.74 Å². The number of nitrogens with zero attached hydrogens (tertiary/aromatic N) is 5. The summed E-state index contributed by atoms with van der Waals surface area (Å²) in [6, 6.07) is 14.8. The lowest BCUT2D eigenvalue weighted by molar-refractivity contribution is 0.0746. The van der Waals surface area contributed by atoms with Crippen molar-refractivity contribution in [2.45, 2.75) is 0 Å². The molecule has 0 radical (unpaired) electrons. The van der Waals surface area contributed by atoms with E-state index in [4.69, 9.17) is 4.74 Å². The van der Waals surface area contributed by atoms with Crippen molar-refractivity contribution in [2.24, 2.45) is 5.18 Å². The summed E-state index contributed by atoms with van der Waals surface area (Å²) in [4.78, 5) is 30.5. The Bertz CT molecular complexity index is 973. The lowest BCUT2D eigenvalue weighted by Crippen LogP contribution is -2.49. The van der Waals surface area contributed by atoms with E-state index in [9.17, 15) is 15.0 Å². The lowest BCUT2D eigenvalue weighted by atomic mass is 10.1. The quantitative estimate of drug-likeness (QED) is 0.727. The van der Waals surface area contributed by atoms with Crippen molar-refractivity contribution in [3.05, 3.63) is 58.5 Å². The van der Waals surface area contributed by atoms with E-state index in [1.54, 1.807) is 29.2 Å². The van der Waals surface area contributed by atoms with E-state index < -0.39 is 0 Å². The van der Waals surface area contributed by atoms with E-state index in [1.807, 2.05) is 18.2 Å². The molecule has 0 aliphatic carbocycles. The number of carbonyl (C=O) groups is 1. The highest BCUT2D eigenvalue weighted by atomic mass is 16.5. The maximum atomic E-state index is 13.4. The van der Waals surface area contributed by atoms with Gasteiger partial charge in [0.05, 0.1) is 30.0 Å². The number of rotatable bonds is 4. The molecule has 2 aliphatic heterocycles. The Balaban J connectivity index is 1.52. The van der Waals surface area contributed by atoms with Gasteiger partial charge in [-0.2, -0.15) is 5.26 Å². The summed E-state index contributed by atoms with van der Waals surface area (Å²) in [5.41, 5.74) is 3.09. The van der Waals surface area contributed by atoms with Crippen LogP contribution in [0.4, 0.5) is 17.1 Å². The van der Waals surface area contributed by atoms with Crippen molar-refractivity contribution in [3.63, 3.8) is 0 Å². The van der Waals surface area contributed by atoms with Crippen LogP contribution in [0.1, 0.15) is 15.9 Å². The van der Waals surface area contributed by atoms with Crippen LogP contribution in [0.25, 0.3) is 0 Å². The summed E-state index contributed by atoms with van der Waals surface area (Å²) in [7, 11) is 0. The average molecular weight is 405 g/mol. The van der Waals surface area contributed by atoms with Gasteiger partial charge in [-0.1, -0.05) is 12.1 Å². The minimum Gasteiger partial charge on any atom is -0.378 e. The Morgan fingerprint density at radius 2 is 1.63 bits per heavy atom. The van der Waals surface area contributed by atoms with Crippen LogP contribution in [0.15, 0.2) is 47.6 Å². The number of nitriles is 1. The Morgan fingerprint density at radius 1 is 0.933 bits per heavy atom. The molecule has 0 atom stereocenters. The van der Waals surface area contributed by atoms with Crippen LogP contribution < -0.4 is 9.80 Å². The van der Waals surface area contributed by atoms with E-state index in [2.05, 4.69) is 21.0 Å². The molecule has 0 aromatic heterocycles. The Labute approximate surface area is 175 Å². The van der Waals surface area contributed by atoms with Gasteiger partial charge in [-0.25, -0.2) is 0 Å². The second kappa shape index (κ2) is 8.93. The van der Waals surface area contributed by atoms with Crippen LogP contribution in [0.5, 0.6) is 0 Å². The highest BCUT2D eigenvalue weighted by molar-refractivity contribution is 6.01. The third-order valence-corrected chi connectivity index (χ3v) is 5.60. The van der Waals surface area contributed by atoms with Crippen LogP contribution in [0, 0.1) is 16.2 Å². The SMILES string of the molecule is N#Cc1ccccc1N1CCN(C(=O)c2cc(N=O)ccc2N2CCOCC2)CC1. The standard InChI is InChI=1S/C22H23N5O3/c23-16-17-3-1-2-4-20(17)25-7-9-27(10-8-25)22(28)19-15-18(24-29)5-6-21(19)26-11-13-30-14-12-26/h1-6,15H,7-14H2. The third-order valence-electron chi connectivity index (χ3n) is 5.60. The number of benzene rings is 2. The van der Waals surface area contributed by atoms with Crippen molar-refractivity contribution in [1.82, 2.24) is 4.90 Å². The summed E-state index contributed by atoms with van der Waals surface area (Å²) >= 11 is 0. The minimum atomic E-state index is -0.102. The molecule has 2 heterocycles. The molecule has 8 heteroatoms. The molecular weight excluding hydrogens is 382 g/mol. The lowest BCUT2D eigenvalue weighted by Gasteiger charge is -2.37. The summed E-state index contributed by atoms with van der Waals surface area (Å²) < 4.78 is 5.42. The van der Waals surface area contributed by atoms with E-state index >= 15 is 0 Å². The van der Waals surface area contributed by atoms with Gasteiger partial charge in [0.2, 0.25) is 0 Å². The van der Waals surface area contributed by atoms with Crippen molar-refractivity contribution in [1.29, 1.82) is 5.26 Å². The molecule has 154 valence electrons. The number of nitroso groups, excluding NO2 is 1. The van der Waals surface area contributed by atoms with Gasteiger partial charge in [0.1, 0.15) is 11.8 Å². The molecular formula is C22H23N5O3. The van der Waals surface area contributed by atoms with Crippen molar-refractivity contribution >= 4 is 23.0 Å². The smallest absolute Gasteiger partial charge is 0.256 e. The molecule has 4 rings (SSSR count). The van der Waals surface area contributed by atoms with Crippen LogP contribution in [0.3, 0.4) is 0 Å². The van der Waals surface area contributed by atoms with Crippen molar-refractivity contribution in [3.8, 4) is 6.07 Å². The first-order valence-electron chi connectivity index (χ1n) is 10.0. The number of hydrogen-bond donors (Lipinski definition) is 0. The van der Waals surface area contributed by atoms with Gasteiger partial charge >= 0.3 is 0 Å². The van der Waals surface area contributed by atoms with Gasteiger partial charge in [0.25, 0.3) is 5.91 Å². The topological polar surface area (TPSA) is 89.2 Å². The zero-order valence-electron chi connectivity index (χ0n) is 16.7. The number of carbonyl (C=O) groups excluding carboxylic acids is 1. The summed E-state index contributed by atoms with van der Waals surface area (Å²) in [5.74, 6) is -0.102. The Hall–Kier alpha value is -3.44. The van der Waals surface area contributed by atoms with Crippen molar-refractivity contribution < 1.29 is 9.53 Å². The van der Waals surface area contributed by atoms with Crippen LogP contribution in [0.2, 0.25) is 0 Å². The number of anilines is 2. The highest BCUT2D eigenvalue weighted by Gasteiger charge is 2.27. The molecule has 2 saturated heterocycles. The van der Waals surface area contributed by atoms with E-state index in [1.165, 1.54) is 0 Å². The van der Waals surface area contributed by atoms with Crippen molar-refractivity contribution in [2.75, 3.05) is 62.3 Å². The second-order valence-corrected chi connectivity index (χ2v) is 7.30. The minimum absolute atomic E-state index is 0.102. The van der Waals surface area contributed by atoms with Gasteiger partial charge in [-0.3, -0.25) is 4.79 Å². The third kappa shape index (κ3) is 3.98. The molecule has 30 heavy (non-hydrogen) atoms. The second-order valence-electron chi connectivity index (χ2n) is 7.30. The fourth-order valence-corrected chi connectivity index (χ4v) is 4.00. The molecule has 0 bridgehead atoms. The monoisotopic (exact) mass is 405 g/mol. The Morgan fingerprint density at radius 3 is 2.33 bits per heavy atom. The number of morpholine rings is 1. The molecule has 1 amide bonds. The normalized spacial score (nSPS) is 16.8. The summed E-state index contributed by atoms with van der Waals surface area (Å²) in [6.45, 7) is 4.99. The van der Waals surface area contributed by atoms with E-state index in [0.717, 1.165) is 11.4 Å². The molecule has 0 saturated carbocycles. The first kappa shape index (κ1) is 19.9. The van der Waals surface area contributed by atoms with E-state index in [-0.39, 0.29) is 11.6 Å². The fraction of sp³-hybridized carbons (Fsp3) is 0.364. The largest absolute Gasteiger partial charge is 0.378 e. The number of hydrogen-bond acceptors (Lipinski definition) is 7. The maximum absolute atomic E-state index is 13.4. The van der Waals surface area contributed by atoms with Crippen LogP contribution in [-0.4, -0.2) is 63.3 Å². The molecule has 2 fully saturated rings. The number of piperazine rings is 1. The molecule has 2 aromatic rings. The maximum Gasteiger partial charge on any atom is 0.256 e. The first-order chi connectivity index (χ1) is 14.7. The first-order valence-corrected chi connectivity index (χ1v) is 10.0.